The van der Waals surface area contributed by atoms with Crippen LogP contribution < -0.4 is 0 Å². The summed E-state index contributed by atoms with van der Waals surface area (Å²) >= 11 is 0. The molecule has 1 saturated heterocycles. The Morgan fingerprint density at radius 1 is 1.24 bits per heavy atom. The molecule has 92 valence electrons. The molecule has 0 saturated carbocycles. The summed E-state index contributed by atoms with van der Waals surface area (Å²) in [6.45, 7) is 8.30. The van der Waals surface area contributed by atoms with Gasteiger partial charge in [0.15, 0.2) is 0 Å². The zero-order valence-corrected chi connectivity index (χ0v) is 11.0. The fourth-order valence-corrected chi connectivity index (χ4v) is 2.56. The van der Waals surface area contributed by atoms with E-state index in [1.165, 1.54) is 11.1 Å². The molecule has 0 spiro atoms. The number of carbonyl (C=O) groups is 1. The fourth-order valence-electron chi connectivity index (χ4n) is 2.56. The monoisotopic (exact) mass is 231 g/mol. The molecule has 1 aromatic rings. The van der Waals surface area contributed by atoms with Crippen molar-refractivity contribution in [2.24, 2.45) is 0 Å². The van der Waals surface area contributed by atoms with Crippen molar-refractivity contribution in [1.29, 1.82) is 0 Å². The lowest BCUT2D eigenvalue weighted by Gasteiger charge is -2.17. The van der Waals surface area contributed by atoms with Crippen molar-refractivity contribution in [1.82, 2.24) is 4.90 Å². The lowest BCUT2D eigenvalue weighted by atomic mass is 9.96. The Bertz CT molecular complexity index is 417. The highest BCUT2D eigenvalue weighted by atomic mass is 16.2. The van der Waals surface area contributed by atoms with E-state index in [9.17, 15) is 4.79 Å². The first-order chi connectivity index (χ1) is 8.09. The van der Waals surface area contributed by atoms with Crippen molar-refractivity contribution in [3.63, 3.8) is 0 Å². The molecule has 0 aromatic heterocycles. The van der Waals surface area contributed by atoms with Crippen molar-refractivity contribution in [2.75, 3.05) is 13.1 Å². The first kappa shape index (κ1) is 12.2. The largest absolute Gasteiger partial charge is 0.339 e. The number of carbonyl (C=O) groups excluding carboxylic acids is 1. The Morgan fingerprint density at radius 3 is 2.41 bits per heavy atom. The predicted molar refractivity (Wildman–Crippen MR) is 70.4 cm³/mol. The first-order valence-electron chi connectivity index (χ1n) is 6.49. The van der Waals surface area contributed by atoms with Crippen LogP contribution in [-0.4, -0.2) is 23.9 Å². The zero-order chi connectivity index (χ0) is 12.4. The van der Waals surface area contributed by atoms with Crippen LogP contribution in [0.2, 0.25) is 0 Å². The van der Waals surface area contributed by atoms with Crippen molar-refractivity contribution in [2.45, 2.75) is 39.5 Å². The van der Waals surface area contributed by atoms with Crippen molar-refractivity contribution in [3.05, 3.63) is 34.9 Å². The minimum absolute atomic E-state index is 0.195. The standard InChI is InChI=1S/C15H21NO/c1-11(2)14-7-6-13(10-12(14)3)15(17)16-8-4-5-9-16/h6-7,10-11H,4-5,8-9H2,1-3H3. The number of hydrogen-bond donors (Lipinski definition) is 0. The van der Waals surface area contributed by atoms with Gasteiger partial charge in [-0.05, 0) is 48.9 Å². The number of rotatable bonds is 2. The molecule has 1 fully saturated rings. The van der Waals surface area contributed by atoms with Crippen LogP contribution in [0.15, 0.2) is 18.2 Å². The average Bonchev–Trinajstić information content (AvgIpc) is 2.80. The van der Waals surface area contributed by atoms with Gasteiger partial charge in [-0.2, -0.15) is 0 Å². The Balaban J connectivity index is 2.22. The molecule has 0 unspecified atom stereocenters. The molecule has 1 aromatic carbocycles. The molecule has 2 nitrogen and oxygen atoms in total. The van der Waals surface area contributed by atoms with Gasteiger partial charge in [0.05, 0.1) is 0 Å². The van der Waals surface area contributed by atoms with Gasteiger partial charge in [-0.1, -0.05) is 19.9 Å². The maximum atomic E-state index is 12.2. The summed E-state index contributed by atoms with van der Waals surface area (Å²) in [6.07, 6.45) is 2.30. The van der Waals surface area contributed by atoms with Crippen LogP contribution in [0.4, 0.5) is 0 Å². The molecular formula is C15H21NO. The minimum atomic E-state index is 0.195. The van der Waals surface area contributed by atoms with E-state index >= 15 is 0 Å². The second kappa shape index (κ2) is 4.91. The molecule has 0 N–H and O–H groups in total. The van der Waals surface area contributed by atoms with Crippen molar-refractivity contribution in [3.8, 4) is 0 Å². The normalized spacial score (nSPS) is 15.6. The van der Waals surface area contributed by atoms with Crippen LogP contribution in [0.1, 0.15) is 54.1 Å². The average molecular weight is 231 g/mol. The summed E-state index contributed by atoms with van der Waals surface area (Å²) in [7, 11) is 0. The van der Waals surface area contributed by atoms with Crippen LogP contribution >= 0.6 is 0 Å². The van der Waals surface area contributed by atoms with E-state index in [1.807, 2.05) is 17.0 Å². The summed E-state index contributed by atoms with van der Waals surface area (Å²) in [5.41, 5.74) is 3.40. The Labute approximate surface area is 104 Å². The number of aryl methyl sites for hydroxylation is 1. The lowest BCUT2D eigenvalue weighted by molar-refractivity contribution is 0.0792. The number of hydrogen-bond acceptors (Lipinski definition) is 1. The van der Waals surface area contributed by atoms with Gasteiger partial charge in [0.25, 0.3) is 5.91 Å². The number of likely N-dealkylation sites (tertiary alicyclic amines) is 1. The third-order valence-corrected chi connectivity index (χ3v) is 3.53. The molecular weight excluding hydrogens is 210 g/mol. The van der Waals surface area contributed by atoms with Crippen molar-refractivity contribution < 1.29 is 4.79 Å². The number of nitrogens with zero attached hydrogens (tertiary/aromatic N) is 1. The topological polar surface area (TPSA) is 20.3 Å². The summed E-state index contributed by atoms with van der Waals surface area (Å²) in [4.78, 5) is 14.2. The van der Waals surface area contributed by atoms with Gasteiger partial charge in [-0.15, -0.1) is 0 Å². The predicted octanol–water partition coefficient (Wildman–Crippen LogP) is 3.35. The first-order valence-corrected chi connectivity index (χ1v) is 6.49. The highest BCUT2D eigenvalue weighted by molar-refractivity contribution is 5.94. The highest BCUT2D eigenvalue weighted by Gasteiger charge is 2.19. The number of amides is 1. The number of benzene rings is 1. The van der Waals surface area contributed by atoms with Crippen LogP contribution in [0.3, 0.4) is 0 Å². The van der Waals surface area contributed by atoms with Gasteiger partial charge in [0.2, 0.25) is 0 Å². The van der Waals surface area contributed by atoms with Crippen molar-refractivity contribution >= 4 is 5.91 Å². The van der Waals surface area contributed by atoms with E-state index < -0.39 is 0 Å². The van der Waals surface area contributed by atoms with E-state index in [2.05, 4.69) is 26.8 Å². The van der Waals surface area contributed by atoms with Crippen LogP contribution in [0, 0.1) is 6.92 Å². The summed E-state index contributed by atoms with van der Waals surface area (Å²) < 4.78 is 0. The van der Waals surface area contributed by atoms with Crippen LogP contribution in [0.25, 0.3) is 0 Å². The molecule has 1 aliphatic rings. The van der Waals surface area contributed by atoms with Crippen LogP contribution in [0.5, 0.6) is 0 Å². The molecule has 1 aliphatic heterocycles. The van der Waals surface area contributed by atoms with Gasteiger partial charge in [-0.3, -0.25) is 4.79 Å². The molecule has 0 radical (unpaired) electrons. The Kier molecular flexibility index (Phi) is 3.51. The molecule has 17 heavy (non-hydrogen) atoms. The van der Waals surface area contributed by atoms with Gasteiger partial charge in [0, 0.05) is 18.7 Å². The molecule has 0 aliphatic carbocycles. The molecule has 1 amide bonds. The second-order valence-corrected chi connectivity index (χ2v) is 5.23. The van der Waals surface area contributed by atoms with E-state index in [1.54, 1.807) is 0 Å². The fraction of sp³-hybridized carbons (Fsp3) is 0.533. The smallest absolute Gasteiger partial charge is 0.253 e. The third-order valence-electron chi connectivity index (χ3n) is 3.53. The maximum Gasteiger partial charge on any atom is 0.253 e. The van der Waals surface area contributed by atoms with E-state index in [-0.39, 0.29) is 5.91 Å². The van der Waals surface area contributed by atoms with E-state index in [0.29, 0.717) is 5.92 Å². The van der Waals surface area contributed by atoms with E-state index in [4.69, 9.17) is 0 Å². The molecule has 1 heterocycles. The Morgan fingerprint density at radius 2 is 1.88 bits per heavy atom. The van der Waals surface area contributed by atoms with Gasteiger partial charge >= 0.3 is 0 Å². The minimum Gasteiger partial charge on any atom is -0.339 e. The quantitative estimate of drug-likeness (QED) is 0.764. The van der Waals surface area contributed by atoms with Gasteiger partial charge in [0.1, 0.15) is 0 Å². The zero-order valence-electron chi connectivity index (χ0n) is 11.0. The second-order valence-electron chi connectivity index (χ2n) is 5.23. The molecule has 0 bridgehead atoms. The van der Waals surface area contributed by atoms with Gasteiger partial charge < -0.3 is 4.90 Å². The maximum absolute atomic E-state index is 12.2. The van der Waals surface area contributed by atoms with E-state index in [0.717, 1.165) is 31.5 Å². The van der Waals surface area contributed by atoms with Gasteiger partial charge in [-0.25, -0.2) is 0 Å². The molecule has 2 heteroatoms. The Hall–Kier alpha value is -1.31. The summed E-state index contributed by atoms with van der Waals surface area (Å²) in [5.74, 6) is 0.715. The SMILES string of the molecule is Cc1cc(C(=O)N2CCCC2)ccc1C(C)C. The highest BCUT2D eigenvalue weighted by Crippen LogP contribution is 2.21. The lowest BCUT2D eigenvalue weighted by Crippen LogP contribution is -2.27. The molecule has 0 atom stereocenters. The summed E-state index contributed by atoms with van der Waals surface area (Å²) in [6, 6.07) is 6.11. The third kappa shape index (κ3) is 2.51. The molecule has 2 rings (SSSR count). The van der Waals surface area contributed by atoms with Crippen LogP contribution in [-0.2, 0) is 0 Å². The summed E-state index contributed by atoms with van der Waals surface area (Å²) in [5, 5.41) is 0.